The first-order chi connectivity index (χ1) is 10.6. The fourth-order valence-corrected chi connectivity index (χ4v) is 3.76. The molecule has 120 valence electrons. The molecule has 0 aromatic heterocycles. The minimum atomic E-state index is -0.638. The van der Waals surface area contributed by atoms with E-state index in [9.17, 15) is 4.79 Å². The number of rotatable bonds is 4. The van der Waals surface area contributed by atoms with Gasteiger partial charge in [0.15, 0.2) is 0 Å². The predicted molar refractivity (Wildman–Crippen MR) is 90.0 cm³/mol. The maximum absolute atomic E-state index is 12.4. The molecule has 4 nitrogen and oxygen atoms in total. The van der Waals surface area contributed by atoms with Crippen molar-refractivity contribution < 1.29 is 4.79 Å². The van der Waals surface area contributed by atoms with Crippen LogP contribution < -0.4 is 16.0 Å². The lowest BCUT2D eigenvalue weighted by Crippen LogP contribution is -2.56. The minimum Gasteiger partial charge on any atom is -0.366 e. The van der Waals surface area contributed by atoms with Gasteiger partial charge in [-0.3, -0.25) is 4.79 Å². The average molecular weight is 301 g/mol. The largest absolute Gasteiger partial charge is 0.366 e. The molecule has 0 saturated heterocycles. The third-order valence-electron chi connectivity index (χ3n) is 5.21. The summed E-state index contributed by atoms with van der Waals surface area (Å²) in [6.07, 6.45) is 6.07. The molecule has 1 heterocycles. The van der Waals surface area contributed by atoms with Gasteiger partial charge in [-0.05, 0) is 37.8 Å². The first-order valence-corrected chi connectivity index (χ1v) is 8.52. The molecule has 0 radical (unpaired) electrons. The number of hydrogen-bond acceptors (Lipinski definition) is 3. The van der Waals surface area contributed by atoms with E-state index in [4.69, 9.17) is 5.73 Å². The zero-order chi connectivity index (χ0) is 15.6. The third-order valence-corrected chi connectivity index (χ3v) is 5.21. The molecule has 0 spiro atoms. The fourth-order valence-electron chi connectivity index (χ4n) is 3.76. The number of para-hydroxylation sites is 1. The molecule has 1 fully saturated rings. The van der Waals surface area contributed by atoms with E-state index in [2.05, 4.69) is 41.4 Å². The Kier molecular flexibility index (Phi) is 4.39. The number of fused-ring (bicyclic) bond motifs is 1. The van der Waals surface area contributed by atoms with Crippen molar-refractivity contribution in [1.29, 1.82) is 0 Å². The van der Waals surface area contributed by atoms with Gasteiger partial charge < -0.3 is 16.0 Å². The maximum atomic E-state index is 12.4. The Morgan fingerprint density at radius 2 is 2.05 bits per heavy atom. The van der Waals surface area contributed by atoms with Crippen LogP contribution in [0, 0.1) is 0 Å². The van der Waals surface area contributed by atoms with Gasteiger partial charge in [0, 0.05) is 24.8 Å². The Bertz CT molecular complexity index is 537. The Morgan fingerprint density at radius 3 is 2.82 bits per heavy atom. The van der Waals surface area contributed by atoms with Crippen LogP contribution in [0.15, 0.2) is 24.3 Å². The monoisotopic (exact) mass is 301 g/mol. The number of anilines is 1. The summed E-state index contributed by atoms with van der Waals surface area (Å²) >= 11 is 0. The van der Waals surface area contributed by atoms with Gasteiger partial charge in [0.1, 0.15) is 0 Å². The summed E-state index contributed by atoms with van der Waals surface area (Å²) in [5.74, 6) is 0.0338. The molecular weight excluding hydrogens is 274 g/mol. The summed E-state index contributed by atoms with van der Waals surface area (Å²) in [6.45, 7) is 3.86. The predicted octanol–water partition coefficient (Wildman–Crippen LogP) is 2.22. The number of carbonyl (C=O) groups is 1. The molecule has 1 unspecified atom stereocenters. The van der Waals surface area contributed by atoms with E-state index >= 15 is 0 Å². The Hall–Kier alpha value is -1.55. The number of hydrogen-bond donors (Lipinski definition) is 2. The van der Waals surface area contributed by atoms with Gasteiger partial charge in [0.05, 0.1) is 5.54 Å². The number of amides is 1. The van der Waals surface area contributed by atoms with Gasteiger partial charge >= 0.3 is 0 Å². The van der Waals surface area contributed by atoms with Gasteiger partial charge in [0.25, 0.3) is 0 Å². The lowest BCUT2D eigenvalue weighted by atomic mass is 9.82. The summed E-state index contributed by atoms with van der Waals surface area (Å²) < 4.78 is 0. The SMILES string of the molecule is CC(CNC(=O)C1(N)CCCCC1)N1CCc2ccccc21. The smallest absolute Gasteiger partial charge is 0.240 e. The van der Waals surface area contributed by atoms with Gasteiger partial charge in [0.2, 0.25) is 5.91 Å². The fraction of sp³-hybridized carbons (Fsp3) is 0.611. The number of nitrogens with two attached hydrogens (primary N) is 1. The molecule has 4 heteroatoms. The van der Waals surface area contributed by atoms with Crippen molar-refractivity contribution in [2.75, 3.05) is 18.0 Å². The standard InChI is InChI=1S/C18H27N3O/c1-14(21-12-9-15-7-3-4-8-16(15)21)13-20-17(22)18(19)10-5-2-6-11-18/h3-4,7-8,14H,2,5-6,9-13,19H2,1H3,(H,20,22). The zero-order valence-corrected chi connectivity index (χ0v) is 13.5. The number of benzene rings is 1. The quantitative estimate of drug-likeness (QED) is 0.896. The summed E-state index contributed by atoms with van der Waals surface area (Å²) in [7, 11) is 0. The molecule has 1 atom stereocenters. The van der Waals surface area contributed by atoms with Gasteiger partial charge in [-0.15, -0.1) is 0 Å². The van der Waals surface area contributed by atoms with Crippen molar-refractivity contribution in [3.63, 3.8) is 0 Å². The van der Waals surface area contributed by atoms with Crippen molar-refractivity contribution in [3.05, 3.63) is 29.8 Å². The van der Waals surface area contributed by atoms with Crippen molar-refractivity contribution in [3.8, 4) is 0 Å². The second-order valence-electron chi connectivity index (χ2n) is 6.85. The average Bonchev–Trinajstić information content (AvgIpc) is 2.97. The molecular formula is C18H27N3O. The molecule has 22 heavy (non-hydrogen) atoms. The van der Waals surface area contributed by atoms with E-state index < -0.39 is 5.54 Å². The Labute approximate surface area is 133 Å². The van der Waals surface area contributed by atoms with Gasteiger partial charge in [-0.25, -0.2) is 0 Å². The molecule has 1 amide bonds. The van der Waals surface area contributed by atoms with Crippen molar-refractivity contribution >= 4 is 11.6 Å². The highest BCUT2D eigenvalue weighted by Crippen LogP contribution is 2.29. The van der Waals surface area contributed by atoms with E-state index in [0.717, 1.165) is 38.6 Å². The molecule has 1 aromatic carbocycles. The van der Waals surface area contributed by atoms with Crippen LogP contribution in [0.2, 0.25) is 0 Å². The topological polar surface area (TPSA) is 58.4 Å². The molecule has 1 aliphatic carbocycles. The molecule has 0 bridgehead atoms. The van der Waals surface area contributed by atoms with E-state index in [1.807, 2.05) is 0 Å². The van der Waals surface area contributed by atoms with Crippen LogP contribution >= 0.6 is 0 Å². The maximum Gasteiger partial charge on any atom is 0.240 e. The van der Waals surface area contributed by atoms with Crippen LogP contribution in [0.5, 0.6) is 0 Å². The highest BCUT2D eigenvalue weighted by atomic mass is 16.2. The molecule has 2 aliphatic rings. The van der Waals surface area contributed by atoms with Crippen molar-refractivity contribution in [1.82, 2.24) is 5.32 Å². The van der Waals surface area contributed by atoms with Crippen LogP contribution in [0.3, 0.4) is 0 Å². The van der Waals surface area contributed by atoms with E-state index in [0.29, 0.717) is 12.6 Å². The highest BCUT2D eigenvalue weighted by molar-refractivity contribution is 5.86. The van der Waals surface area contributed by atoms with Crippen molar-refractivity contribution in [2.45, 2.75) is 57.0 Å². The summed E-state index contributed by atoms with van der Waals surface area (Å²) in [5.41, 5.74) is 8.37. The third kappa shape index (κ3) is 2.98. The lowest BCUT2D eigenvalue weighted by molar-refractivity contribution is -0.127. The normalized spacial score (nSPS) is 21.3. The Morgan fingerprint density at radius 1 is 1.32 bits per heavy atom. The van der Waals surface area contributed by atoms with Crippen LogP contribution in [-0.2, 0) is 11.2 Å². The van der Waals surface area contributed by atoms with E-state index in [1.165, 1.54) is 17.7 Å². The molecule has 3 rings (SSSR count). The molecule has 1 aliphatic heterocycles. The number of nitrogens with zero attached hydrogens (tertiary/aromatic N) is 1. The molecule has 1 saturated carbocycles. The van der Waals surface area contributed by atoms with Crippen LogP contribution in [-0.4, -0.2) is 30.6 Å². The molecule has 3 N–H and O–H groups in total. The summed E-state index contributed by atoms with van der Waals surface area (Å²) in [4.78, 5) is 14.8. The van der Waals surface area contributed by atoms with E-state index in [-0.39, 0.29) is 5.91 Å². The number of carbonyl (C=O) groups excluding carboxylic acids is 1. The first kappa shape index (κ1) is 15.3. The van der Waals surface area contributed by atoms with Crippen molar-refractivity contribution in [2.24, 2.45) is 5.73 Å². The number of nitrogens with one attached hydrogen (secondary N) is 1. The van der Waals surface area contributed by atoms with Crippen LogP contribution in [0.4, 0.5) is 5.69 Å². The molecule has 1 aromatic rings. The Balaban J connectivity index is 1.57. The van der Waals surface area contributed by atoms with Crippen LogP contribution in [0.25, 0.3) is 0 Å². The summed E-state index contributed by atoms with van der Waals surface area (Å²) in [5, 5.41) is 3.09. The minimum absolute atomic E-state index is 0.0338. The first-order valence-electron chi connectivity index (χ1n) is 8.52. The second-order valence-corrected chi connectivity index (χ2v) is 6.85. The van der Waals surface area contributed by atoms with Gasteiger partial charge in [-0.1, -0.05) is 37.5 Å². The van der Waals surface area contributed by atoms with E-state index in [1.54, 1.807) is 0 Å². The second kappa shape index (κ2) is 6.29. The summed E-state index contributed by atoms with van der Waals surface area (Å²) in [6, 6.07) is 8.83. The van der Waals surface area contributed by atoms with Crippen LogP contribution in [0.1, 0.15) is 44.6 Å². The lowest BCUT2D eigenvalue weighted by Gasteiger charge is -2.33. The zero-order valence-electron chi connectivity index (χ0n) is 13.5. The van der Waals surface area contributed by atoms with Gasteiger partial charge in [-0.2, -0.15) is 0 Å². The highest BCUT2D eigenvalue weighted by Gasteiger charge is 2.35.